The van der Waals surface area contributed by atoms with Crippen LogP contribution in [0.25, 0.3) is 0 Å². The number of aliphatic carboxylic acids is 1. The van der Waals surface area contributed by atoms with Crippen LogP contribution >= 0.6 is 0 Å². The summed E-state index contributed by atoms with van der Waals surface area (Å²) < 4.78 is 58.5. The Hall–Kier alpha value is -3.54. The molecular weight excluding hydrogens is 477 g/mol. The first-order valence-corrected chi connectivity index (χ1v) is 10.4. The number of anilines is 1. The lowest BCUT2D eigenvalue weighted by Crippen LogP contribution is -2.64. The second kappa shape index (κ2) is 9.98. The number of nitrogens with zero attached hydrogens (tertiary/aromatic N) is 3. The zero-order valence-electron chi connectivity index (χ0n) is 18.6. The van der Waals surface area contributed by atoms with Crippen LogP contribution in [-0.2, 0) is 9.59 Å². The number of carboxylic acid groups (broad SMARTS) is 1. The molecule has 188 valence electrons. The van der Waals surface area contributed by atoms with E-state index in [0.29, 0.717) is 37.3 Å². The van der Waals surface area contributed by atoms with E-state index in [1.165, 1.54) is 36.4 Å². The number of likely N-dealkylation sites (N-methyl/N-ethyl adjacent to an activating group) is 1. The van der Waals surface area contributed by atoms with Crippen molar-refractivity contribution in [2.24, 2.45) is 0 Å². The van der Waals surface area contributed by atoms with Gasteiger partial charge in [0.15, 0.2) is 0 Å². The van der Waals surface area contributed by atoms with Crippen molar-refractivity contribution in [2.75, 3.05) is 38.1 Å². The zero-order valence-corrected chi connectivity index (χ0v) is 18.6. The highest BCUT2D eigenvalue weighted by molar-refractivity contribution is 5.97. The molecule has 1 spiro atoms. The maximum absolute atomic E-state index is 13.7. The molecule has 0 bridgehead atoms. The van der Waals surface area contributed by atoms with Gasteiger partial charge in [-0.05, 0) is 55.9 Å². The lowest BCUT2D eigenvalue weighted by Gasteiger charge is -2.46. The minimum atomic E-state index is -5.08. The molecular formula is C23H22F5N3O4. The molecule has 12 heteroatoms. The molecule has 2 amide bonds. The molecule has 1 atom stereocenters. The van der Waals surface area contributed by atoms with Gasteiger partial charge >= 0.3 is 12.1 Å². The third-order valence-corrected chi connectivity index (χ3v) is 6.01. The Morgan fingerprint density at radius 2 is 1.63 bits per heavy atom. The number of amides is 2. The molecule has 4 rings (SSSR count). The quantitative estimate of drug-likeness (QED) is 0.643. The molecule has 0 aliphatic carbocycles. The summed E-state index contributed by atoms with van der Waals surface area (Å²) in [5, 5.41) is 7.12. The SMILES string of the molecule is CN1CC(=O)N(c2cccc(F)c2)CC12CCN(C(=O)c1ccc(F)cc1)C2.O=C(O)C(F)(F)F. The standard InChI is InChI=1S/C21H21F2N3O2.C2HF3O2/c1-24-12-19(27)26(18-4-2-3-17(23)11-18)14-21(24)9-10-25(13-21)20(28)15-5-7-16(22)8-6-15;3-2(4,5)1(6)7/h2-8,11H,9-10,12-14H2,1H3;(H,6,7). The minimum Gasteiger partial charge on any atom is -0.475 e. The van der Waals surface area contributed by atoms with Gasteiger partial charge in [0.1, 0.15) is 11.6 Å². The van der Waals surface area contributed by atoms with E-state index in [-0.39, 0.29) is 24.2 Å². The predicted octanol–water partition coefficient (Wildman–Crippen LogP) is 3.16. The van der Waals surface area contributed by atoms with Gasteiger partial charge in [-0.2, -0.15) is 13.2 Å². The summed E-state index contributed by atoms with van der Waals surface area (Å²) in [4.78, 5) is 39.6. The second-order valence-electron chi connectivity index (χ2n) is 8.33. The molecule has 2 saturated heterocycles. The monoisotopic (exact) mass is 499 g/mol. The number of hydrogen-bond acceptors (Lipinski definition) is 4. The maximum Gasteiger partial charge on any atom is 0.490 e. The highest BCUT2D eigenvalue weighted by Gasteiger charge is 2.48. The van der Waals surface area contributed by atoms with Gasteiger partial charge in [-0.15, -0.1) is 0 Å². The van der Waals surface area contributed by atoms with Gasteiger partial charge in [0.25, 0.3) is 5.91 Å². The fourth-order valence-electron chi connectivity index (χ4n) is 4.08. The third-order valence-electron chi connectivity index (χ3n) is 6.01. The summed E-state index contributed by atoms with van der Waals surface area (Å²) in [5.74, 6) is -3.78. The van der Waals surface area contributed by atoms with Crippen LogP contribution in [0.3, 0.4) is 0 Å². The van der Waals surface area contributed by atoms with Crippen molar-refractivity contribution in [3.05, 3.63) is 65.7 Å². The molecule has 0 aromatic heterocycles. The van der Waals surface area contributed by atoms with Crippen LogP contribution in [-0.4, -0.2) is 77.6 Å². The van der Waals surface area contributed by atoms with Crippen LogP contribution in [0.2, 0.25) is 0 Å². The largest absolute Gasteiger partial charge is 0.490 e. The summed E-state index contributed by atoms with van der Waals surface area (Å²) in [6.45, 7) is 1.60. The number of carbonyl (C=O) groups excluding carboxylic acids is 2. The van der Waals surface area contributed by atoms with E-state index < -0.39 is 23.5 Å². The van der Waals surface area contributed by atoms with Crippen LogP contribution in [0.1, 0.15) is 16.8 Å². The number of hydrogen-bond donors (Lipinski definition) is 1. The van der Waals surface area contributed by atoms with E-state index in [4.69, 9.17) is 9.90 Å². The van der Waals surface area contributed by atoms with Gasteiger partial charge in [-0.3, -0.25) is 14.5 Å². The average molecular weight is 499 g/mol. The van der Waals surface area contributed by atoms with Gasteiger partial charge in [-0.25, -0.2) is 13.6 Å². The van der Waals surface area contributed by atoms with Crippen LogP contribution in [0, 0.1) is 11.6 Å². The number of piperazine rings is 1. The van der Waals surface area contributed by atoms with Crippen molar-refractivity contribution in [2.45, 2.75) is 18.1 Å². The molecule has 7 nitrogen and oxygen atoms in total. The zero-order chi connectivity index (χ0) is 26.0. The molecule has 1 unspecified atom stereocenters. The molecule has 2 heterocycles. The van der Waals surface area contributed by atoms with E-state index in [0.717, 1.165) is 0 Å². The molecule has 2 aromatic carbocycles. The summed E-state index contributed by atoms with van der Waals surface area (Å²) in [6, 6.07) is 11.5. The summed E-state index contributed by atoms with van der Waals surface area (Å²) in [5.41, 5.74) is 0.575. The van der Waals surface area contributed by atoms with E-state index in [2.05, 4.69) is 0 Å². The maximum atomic E-state index is 13.7. The van der Waals surface area contributed by atoms with E-state index >= 15 is 0 Å². The number of likely N-dealkylation sites (tertiary alicyclic amines) is 1. The first-order valence-electron chi connectivity index (χ1n) is 10.4. The van der Waals surface area contributed by atoms with E-state index in [1.807, 2.05) is 11.9 Å². The highest BCUT2D eigenvalue weighted by atomic mass is 19.4. The van der Waals surface area contributed by atoms with Gasteiger partial charge in [0.2, 0.25) is 5.91 Å². The van der Waals surface area contributed by atoms with Gasteiger partial charge in [0.05, 0.1) is 12.1 Å². The van der Waals surface area contributed by atoms with Crippen molar-refractivity contribution in [3.63, 3.8) is 0 Å². The molecule has 1 N–H and O–H groups in total. The Morgan fingerprint density at radius 3 is 2.20 bits per heavy atom. The van der Waals surface area contributed by atoms with Crippen LogP contribution in [0.15, 0.2) is 48.5 Å². The summed E-state index contributed by atoms with van der Waals surface area (Å²) >= 11 is 0. The van der Waals surface area contributed by atoms with Crippen molar-refractivity contribution in [1.29, 1.82) is 0 Å². The summed E-state index contributed by atoms with van der Waals surface area (Å²) in [7, 11) is 1.88. The molecule has 35 heavy (non-hydrogen) atoms. The number of rotatable bonds is 2. The van der Waals surface area contributed by atoms with E-state index in [9.17, 15) is 31.5 Å². The molecule has 0 saturated carbocycles. The normalized spacial score (nSPS) is 20.6. The summed E-state index contributed by atoms with van der Waals surface area (Å²) in [6.07, 6.45) is -4.38. The number of benzene rings is 2. The van der Waals surface area contributed by atoms with Gasteiger partial charge in [0, 0.05) is 30.9 Å². The minimum absolute atomic E-state index is 0.0953. The lowest BCUT2D eigenvalue weighted by molar-refractivity contribution is -0.192. The van der Waals surface area contributed by atoms with Crippen molar-refractivity contribution < 1.29 is 41.4 Å². The Labute approximate surface area is 197 Å². The van der Waals surface area contributed by atoms with Crippen LogP contribution in [0.4, 0.5) is 27.6 Å². The molecule has 2 aliphatic heterocycles. The van der Waals surface area contributed by atoms with Gasteiger partial charge in [-0.1, -0.05) is 6.07 Å². The molecule has 2 aliphatic rings. The Bertz CT molecular complexity index is 1110. The topological polar surface area (TPSA) is 81.2 Å². The predicted molar refractivity (Wildman–Crippen MR) is 115 cm³/mol. The Balaban J connectivity index is 0.000000429. The van der Waals surface area contributed by atoms with Crippen LogP contribution < -0.4 is 4.90 Å². The fourth-order valence-corrected chi connectivity index (χ4v) is 4.08. The van der Waals surface area contributed by atoms with Crippen molar-refractivity contribution in [3.8, 4) is 0 Å². The molecule has 0 radical (unpaired) electrons. The van der Waals surface area contributed by atoms with Crippen molar-refractivity contribution >= 4 is 23.5 Å². The number of alkyl halides is 3. The lowest BCUT2D eigenvalue weighted by atomic mass is 9.92. The fraction of sp³-hybridized carbons (Fsp3) is 0.348. The third kappa shape index (κ3) is 5.94. The number of halogens is 5. The van der Waals surface area contributed by atoms with Gasteiger partial charge < -0.3 is 14.9 Å². The second-order valence-corrected chi connectivity index (χ2v) is 8.33. The average Bonchev–Trinajstić information content (AvgIpc) is 3.21. The highest BCUT2D eigenvalue weighted by Crippen LogP contribution is 2.34. The smallest absolute Gasteiger partial charge is 0.475 e. The van der Waals surface area contributed by atoms with Crippen molar-refractivity contribution in [1.82, 2.24) is 9.80 Å². The number of carbonyl (C=O) groups is 3. The van der Waals surface area contributed by atoms with E-state index in [1.54, 1.807) is 21.9 Å². The first kappa shape index (κ1) is 26.1. The number of carboxylic acids is 1. The Kier molecular flexibility index (Phi) is 7.44. The first-order chi connectivity index (χ1) is 16.3. The molecule has 2 aromatic rings. The van der Waals surface area contributed by atoms with Crippen LogP contribution in [0.5, 0.6) is 0 Å². The molecule has 2 fully saturated rings. The Morgan fingerprint density at radius 1 is 1.00 bits per heavy atom.